The van der Waals surface area contributed by atoms with Gasteiger partial charge in [-0.2, -0.15) is 0 Å². The van der Waals surface area contributed by atoms with E-state index in [-0.39, 0.29) is 11.4 Å². The first-order chi connectivity index (χ1) is 10.1. The molecule has 2 aromatic rings. The standard InChI is InChI=1S/C17H21FN2S/c1-17(19-2,11-12-6-5-7-13(18)10-12)16-20-14-8-3-4-9-15(14)21-16/h5-7,10,19H,3-4,8-9,11H2,1-2H3. The van der Waals surface area contributed by atoms with Crippen molar-refractivity contribution in [2.45, 2.75) is 44.6 Å². The molecule has 1 N–H and O–H groups in total. The van der Waals surface area contributed by atoms with Crippen LogP contribution in [0.2, 0.25) is 0 Å². The van der Waals surface area contributed by atoms with Gasteiger partial charge in [0.2, 0.25) is 0 Å². The molecule has 21 heavy (non-hydrogen) atoms. The second kappa shape index (κ2) is 5.85. The van der Waals surface area contributed by atoms with Gasteiger partial charge in [0.05, 0.1) is 11.2 Å². The summed E-state index contributed by atoms with van der Waals surface area (Å²) in [7, 11) is 1.96. The minimum atomic E-state index is -0.240. The van der Waals surface area contributed by atoms with E-state index in [1.54, 1.807) is 12.1 Å². The van der Waals surface area contributed by atoms with Crippen LogP contribution in [0.25, 0.3) is 0 Å². The Morgan fingerprint density at radius 3 is 2.86 bits per heavy atom. The first-order valence-corrected chi connectivity index (χ1v) is 8.35. The molecule has 0 saturated heterocycles. The number of hydrogen-bond acceptors (Lipinski definition) is 3. The quantitative estimate of drug-likeness (QED) is 0.928. The van der Waals surface area contributed by atoms with Gasteiger partial charge in [-0.05, 0) is 63.8 Å². The molecule has 2 nitrogen and oxygen atoms in total. The van der Waals surface area contributed by atoms with Crippen LogP contribution in [0, 0.1) is 5.82 Å². The molecular weight excluding hydrogens is 283 g/mol. The van der Waals surface area contributed by atoms with Gasteiger partial charge in [0, 0.05) is 4.88 Å². The highest BCUT2D eigenvalue weighted by molar-refractivity contribution is 7.11. The van der Waals surface area contributed by atoms with E-state index < -0.39 is 0 Å². The Kier molecular flexibility index (Phi) is 4.09. The third-order valence-corrected chi connectivity index (χ3v) is 5.74. The summed E-state index contributed by atoms with van der Waals surface area (Å²) in [5, 5.41) is 4.52. The molecular formula is C17H21FN2S. The molecule has 1 heterocycles. The maximum absolute atomic E-state index is 13.4. The molecule has 0 spiro atoms. The minimum absolute atomic E-state index is 0.176. The Hall–Kier alpha value is -1.26. The van der Waals surface area contributed by atoms with Crippen LogP contribution in [0.5, 0.6) is 0 Å². The van der Waals surface area contributed by atoms with Gasteiger partial charge in [-0.25, -0.2) is 9.37 Å². The summed E-state index contributed by atoms with van der Waals surface area (Å²) in [5.74, 6) is -0.176. The van der Waals surface area contributed by atoms with Crippen LogP contribution in [0.4, 0.5) is 4.39 Å². The topological polar surface area (TPSA) is 24.9 Å². The van der Waals surface area contributed by atoms with Gasteiger partial charge >= 0.3 is 0 Å². The highest BCUT2D eigenvalue weighted by Gasteiger charge is 2.30. The lowest BCUT2D eigenvalue weighted by Crippen LogP contribution is -2.39. The van der Waals surface area contributed by atoms with Crippen LogP contribution in [-0.4, -0.2) is 12.0 Å². The monoisotopic (exact) mass is 304 g/mol. The number of fused-ring (bicyclic) bond motifs is 1. The molecule has 1 aliphatic carbocycles. The maximum atomic E-state index is 13.4. The van der Waals surface area contributed by atoms with Crippen molar-refractivity contribution in [2.75, 3.05) is 7.05 Å². The molecule has 1 aromatic heterocycles. The number of halogens is 1. The van der Waals surface area contributed by atoms with Crippen molar-refractivity contribution >= 4 is 11.3 Å². The number of hydrogen-bond donors (Lipinski definition) is 1. The fourth-order valence-corrected chi connectivity index (χ4v) is 4.21. The molecule has 1 unspecified atom stereocenters. The van der Waals surface area contributed by atoms with Gasteiger partial charge in [0.25, 0.3) is 0 Å². The fourth-order valence-electron chi connectivity index (χ4n) is 2.91. The lowest BCUT2D eigenvalue weighted by molar-refractivity contribution is 0.393. The van der Waals surface area contributed by atoms with Crippen molar-refractivity contribution in [3.63, 3.8) is 0 Å². The number of aryl methyl sites for hydroxylation is 2. The van der Waals surface area contributed by atoms with E-state index >= 15 is 0 Å². The molecule has 0 saturated carbocycles. The van der Waals surface area contributed by atoms with Crippen molar-refractivity contribution in [3.05, 3.63) is 51.2 Å². The van der Waals surface area contributed by atoms with Crippen molar-refractivity contribution in [1.29, 1.82) is 0 Å². The van der Waals surface area contributed by atoms with Gasteiger partial charge < -0.3 is 5.32 Å². The van der Waals surface area contributed by atoms with Crippen molar-refractivity contribution < 1.29 is 4.39 Å². The molecule has 112 valence electrons. The summed E-state index contributed by atoms with van der Waals surface area (Å²) in [4.78, 5) is 6.32. The van der Waals surface area contributed by atoms with Crippen LogP contribution in [-0.2, 0) is 24.8 Å². The van der Waals surface area contributed by atoms with Gasteiger partial charge in [0.15, 0.2) is 0 Å². The second-order valence-electron chi connectivity index (χ2n) is 5.98. The van der Waals surface area contributed by atoms with Crippen LogP contribution < -0.4 is 5.32 Å². The summed E-state index contributed by atoms with van der Waals surface area (Å²) in [6, 6.07) is 6.85. The molecule has 4 heteroatoms. The first-order valence-electron chi connectivity index (χ1n) is 7.53. The van der Waals surface area contributed by atoms with Gasteiger partial charge in [-0.3, -0.25) is 0 Å². The number of likely N-dealkylation sites (N-methyl/N-ethyl adjacent to an activating group) is 1. The molecule has 0 radical (unpaired) electrons. The predicted molar refractivity (Wildman–Crippen MR) is 85.3 cm³/mol. The predicted octanol–water partition coefficient (Wildman–Crippen LogP) is 3.84. The Morgan fingerprint density at radius 1 is 1.33 bits per heavy atom. The van der Waals surface area contributed by atoms with Crippen molar-refractivity contribution in [1.82, 2.24) is 10.3 Å². The number of nitrogens with zero attached hydrogens (tertiary/aromatic N) is 1. The molecule has 0 aliphatic heterocycles. The Balaban J connectivity index is 1.90. The largest absolute Gasteiger partial charge is 0.308 e. The Bertz CT molecular complexity index is 614. The molecule has 1 aliphatic rings. The number of thiazole rings is 1. The number of aromatic nitrogens is 1. The summed E-state index contributed by atoms with van der Waals surface area (Å²) in [5.41, 5.74) is 2.04. The van der Waals surface area contributed by atoms with E-state index in [1.165, 1.54) is 29.5 Å². The van der Waals surface area contributed by atoms with Crippen molar-refractivity contribution in [3.8, 4) is 0 Å². The number of rotatable bonds is 4. The Labute approximate surface area is 129 Å². The molecule has 3 rings (SSSR count). The highest BCUT2D eigenvalue weighted by atomic mass is 32.1. The smallest absolute Gasteiger partial charge is 0.123 e. The van der Waals surface area contributed by atoms with Crippen LogP contribution in [0.15, 0.2) is 24.3 Å². The third kappa shape index (κ3) is 3.01. The lowest BCUT2D eigenvalue weighted by atomic mass is 9.93. The van der Waals surface area contributed by atoms with E-state index in [0.29, 0.717) is 0 Å². The molecule has 0 amide bonds. The minimum Gasteiger partial charge on any atom is -0.308 e. The third-order valence-electron chi connectivity index (χ3n) is 4.32. The average Bonchev–Trinajstić information content (AvgIpc) is 2.92. The van der Waals surface area contributed by atoms with E-state index in [2.05, 4.69) is 12.2 Å². The number of nitrogens with one attached hydrogen (secondary N) is 1. The van der Waals surface area contributed by atoms with E-state index in [0.717, 1.165) is 29.8 Å². The maximum Gasteiger partial charge on any atom is 0.123 e. The van der Waals surface area contributed by atoms with Crippen molar-refractivity contribution in [2.24, 2.45) is 0 Å². The van der Waals surface area contributed by atoms with Gasteiger partial charge in [-0.1, -0.05) is 12.1 Å². The van der Waals surface area contributed by atoms with Crippen LogP contribution in [0.1, 0.15) is 40.9 Å². The number of benzene rings is 1. The Morgan fingerprint density at radius 2 is 2.14 bits per heavy atom. The normalized spacial score (nSPS) is 17.3. The van der Waals surface area contributed by atoms with Gasteiger partial charge in [-0.15, -0.1) is 11.3 Å². The lowest BCUT2D eigenvalue weighted by Gasteiger charge is -2.27. The zero-order valence-corrected chi connectivity index (χ0v) is 13.4. The molecule has 0 fully saturated rings. The van der Waals surface area contributed by atoms with Crippen LogP contribution in [0.3, 0.4) is 0 Å². The first kappa shape index (κ1) is 14.7. The molecule has 1 atom stereocenters. The highest BCUT2D eigenvalue weighted by Crippen LogP contribution is 2.34. The van der Waals surface area contributed by atoms with Crippen LogP contribution >= 0.6 is 11.3 Å². The summed E-state index contributed by atoms with van der Waals surface area (Å²) < 4.78 is 13.4. The summed E-state index contributed by atoms with van der Waals surface area (Å²) in [6.07, 6.45) is 5.52. The van der Waals surface area contributed by atoms with E-state index in [1.807, 2.05) is 24.5 Å². The average molecular weight is 304 g/mol. The fraction of sp³-hybridized carbons (Fsp3) is 0.471. The second-order valence-corrected chi connectivity index (χ2v) is 7.07. The zero-order chi connectivity index (χ0) is 14.9. The van der Waals surface area contributed by atoms with Gasteiger partial charge in [0.1, 0.15) is 10.8 Å². The zero-order valence-electron chi connectivity index (χ0n) is 12.6. The summed E-state index contributed by atoms with van der Waals surface area (Å²) in [6.45, 7) is 2.15. The molecule has 0 bridgehead atoms. The van der Waals surface area contributed by atoms with E-state index in [9.17, 15) is 4.39 Å². The molecule has 1 aromatic carbocycles. The SMILES string of the molecule is CNC(C)(Cc1cccc(F)c1)c1nc2c(s1)CCCC2. The summed E-state index contributed by atoms with van der Waals surface area (Å²) >= 11 is 1.82. The van der Waals surface area contributed by atoms with E-state index in [4.69, 9.17) is 4.98 Å².